The molecule has 188 valence electrons. The molecule has 2 atom stereocenters. The van der Waals surface area contributed by atoms with Crippen LogP contribution >= 0.6 is 0 Å². The van der Waals surface area contributed by atoms with Gasteiger partial charge in [-0.2, -0.15) is 10.5 Å². The van der Waals surface area contributed by atoms with E-state index in [4.69, 9.17) is 19.5 Å². The predicted molar refractivity (Wildman–Crippen MR) is 135 cm³/mol. The molecule has 0 fully saturated rings. The number of nitriles is 2. The lowest BCUT2D eigenvalue weighted by Gasteiger charge is -2.31. The Morgan fingerprint density at radius 2 is 1.71 bits per heavy atom. The molecule has 0 aliphatic carbocycles. The maximum absolute atomic E-state index is 13.5. The molecule has 2 unspecified atom stereocenters. The first kappa shape index (κ1) is 24.5. The Hall–Kier alpha value is -5.15. The standard InChI is InChI=1S/C29H22N4O5/c30-14-19-3-1-5-21(11-19)16-36-28(34)26-23(9-7-18-8-10-24-25(13-18)38-17-37-24)32-29(35)33-27(26)22-6-2-4-20(12-22)15-31/h1-6,8,10-13,26-27H,7,9,16-17H2,(H,33,35). The number of ether oxygens (including phenoxy) is 3. The van der Waals surface area contributed by atoms with E-state index in [-0.39, 0.29) is 13.4 Å². The number of aliphatic imine (C=N–C) groups is 1. The van der Waals surface area contributed by atoms with Crippen LogP contribution < -0.4 is 14.8 Å². The Balaban J connectivity index is 1.41. The number of carbonyl (C=O) groups excluding carboxylic acids is 2. The number of benzene rings is 3. The third kappa shape index (κ3) is 5.32. The summed E-state index contributed by atoms with van der Waals surface area (Å²) < 4.78 is 16.5. The quantitative estimate of drug-likeness (QED) is 0.471. The van der Waals surface area contributed by atoms with Gasteiger partial charge in [-0.3, -0.25) is 4.79 Å². The van der Waals surface area contributed by atoms with Crippen molar-refractivity contribution < 1.29 is 23.8 Å². The number of hydrogen-bond donors (Lipinski definition) is 1. The van der Waals surface area contributed by atoms with Gasteiger partial charge >= 0.3 is 12.0 Å². The van der Waals surface area contributed by atoms with E-state index in [9.17, 15) is 14.9 Å². The molecule has 0 bridgehead atoms. The minimum absolute atomic E-state index is 0.0425. The number of fused-ring (bicyclic) bond motifs is 1. The van der Waals surface area contributed by atoms with Gasteiger partial charge in [0.15, 0.2) is 11.5 Å². The number of carbonyl (C=O) groups is 2. The van der Waals surface area contributed by atoms with Crippen LogP contribution in [-0.2, 0) is 22.6 Å². The lowest BCUT2D eigenvalue weighted by Crippen LogP contribution is -2.45. The number of amides is 2. The van der Waals surface area contributed by atoms with Crippen LogP contribution in [0.1, 0.15) is 40.3 Å². The largest absolute Gasteiger partial charge is 0.460 e. The fraction of sp³-hybridized carbons (Fsp3) is 0.207. The van der Waals surface area contributed by atoms with Crippen molar-refractivity contribution in [3.8, 4) is 23.6 Å². The summed E-state index contributed by atoms with van der Waals surface area (Å²) in [5.74, 6) is -0.158. The normalized spacial score (nSPS) is 17.5. The van der Waals surface area contributed by atoms with Crippen LogP contribution in [0.3, 0.4) is 0 Å². The molecule has 2 heterocycles. The molecule has 2 amide bonds. The molecule has 3 aromatic rings. The van der Waals surface area contributed by atoms with Gasteiger partial charge in [0.05, 0.1) is 29.3 Å². The van der Waals surface area contributed by atoms with Gasteiger partial charge in [-0.25, -0.2) is 9.79 Å². The van der Waals surface area contributed by atoms with Crippen molar-refractivity contribution in [1.82, 2.24) is 5.32 Å². The summed E-state index contributed by atoms with van der Waals surface area (Å²) in [4.78, 5) is 30.3. The highest BCUT2D eigenvalue weighted by Gasteiger charge is 2.39. The first-order chi connectivity index (χ1) is 18.5. The minimum atomic E-state index is -0.908. The number of hydrogen-bond acceptors (Lipinski definition) is 7. The molecule has 0 spiro atoms. The molecule has 3 aromatic carbocycles. The highest BCUT2D eigenvalue weighted by atomic mass is 16.7. The molecule has 38 heavy (non-hydrogen) atoms. The van der Waals surface area contributed by atoms with Gasteiger partial charge in [0.1, 0.15) is 12.5 Å². The van der Waals surface area contributed by atoms with Gasteiger partial charge in [-0.05, 0) is 65.9 Å². The van der Waals surface area contributed by atoms with E-state index in [1.54, 1.807) is 48.5 Å². The summed E-state index contributed by atoms with van der Waals surface area (Å²) in [5.41, 5.74) is 3.45. The topological polar surface area (TPSA) is 134 Å². The maximum atomic E-state index is 13.5. The monoisotopic (exact) mass is 506 g/mol. The van der Waals surface area contributed by atoms with Crippen molar-refractivity contribution >= 4 is 17.7 Å². The van der Waals surface area contributed by atoms with E-state index in [0.717, 1.165) is 5.56 Å². The van der Waals surface area contributed by atoms with Gasteiger partial charge in [-0.15, -0.1) is 0 Å². The van der Waals surface area contributed by atoms with Crippen LogP contribution in [0.15, 0.2) is 71.7 Å². The van der Waals surface area contributed by atoms with Crippen LogP contribution in [-0.4, -0.2) is 24.5 Å². The molecule has 5 rings (SSSR count). The summed E-state index contributed by atoms with van der Waals surface area (Å²) in [7, 11) is 0. The van der Waals surface area contributed by atoms with Gasteiger partial charge < -0.3 is 19.5 Å². The molecule has 0 aromatic heterocycles. The lowest BCUT2D eigenvalue weighted by molar-refractivity contribution is -0.148. The van der Waals surface area contributed by atoms with E-state index >= 15 is 0 Å². The number of urea groups is 1. The average Bonchev–Trinajstić information content (AvgIpc) is 3.42. The predicted octanol–water partition coefficient (Wildman–Crippen LogP) is 4.36. The zero-order chi connectivity index (χ0) is 26.5. The molecule has 2 aliphatic rings. The Kier molecular flexibility index (Phi) is 7.01. The van der Waals surface area contributed by atoms with Crippen molar-refractivity contribution in [3.05, 3.63) is 94.5 Å². The second-order valence-electron chi connectivity index (χ2n) is 8.85. The van der Waals surface area contributed by atoms with E-state index in [2.05, 4.69) is 22.4 Å². The van der Waals surface area contributed by atoms with Gasteiger partial charge in [0.2, 0.25) is 6.79 Å². The van der Waals surface area contributed by atoms with Crippen LogP contribution in [0.25, 0.3) is 0 Å². The maximum Gasteiger partial charge on any atom is 0.341 e. The Morgan fingerprint density at radius 3 is 2.53 bits per heavy atom. The van der Waals surface area contributed by atoms with E-state index < -0.39 is 24.0 Å². The number of aryl methyl sites for hydroxylation is 1. The lowest BCUT2D eigenvalue weighted by atomic mass is 9.85. The number of rotatable bonds is 7. The Labute approximate surface area is 218 Å². The molecule has 1 N–H and O–H groups in total. The average molecular weight is 507 g/mol. The Bertz CT molecular complexity index is 1520. The highest BCUT2D eigenvalue weighted by Crippen LogP contribution is 2.34. The molecule has 9 nitrogen and oxygen atoms in total. The molecular weight excluding hydrogens is 484 g/mol. The minimum Gasteiger partial charge on any atom is -0.460 e. The molecule has 0 saturated carbocycles. The van der Waals surface area contributed by atoms with Crippen molar-refractivity contribution in [3.63, 3.8) is 0 Å². The van der Waals surface area contributed by atoms with Gasteiger partial charge in [0.25, 0.3) is 0 Å². The third-order valence-corrected chi connectivity index (χ3v) is 6.39. The van der Waals surface area contributed by atoms with Crippen molar-refractivity contribution in [2.45, 2.75) is 25.5 Å². The summed E-state index contributed by atoms with van der Waals surface area (Å²) in [5, 5.41) is 21.3. The first-order valence-corrected chi connectivity index (χ1v) is 12.0. The van der Waals surface area contributed by atoms with Crippen molar-refractivity contribution in [2.75, 3.05) is 6.79 Å². The summed E-state index contributed by atoms with van der Waals surface area (Å²) in [6.07, 6.45) is 0.826. The fourth-order valence-corrected chi connectivity index (χ4v) is 4.55. The molecule has 2 aliphatic heterocycles. The molecule has 9 heteroatoms. The first-order valence-electron chi connectivity index (χ1n) is 12.0. The zero-order valence-corrected chi connectivity index (χ0v) is 20.2. The SMILES string of the molecule is N#Cc1cccc(COC(=O)C2C(CCc3ccc4c(c3)OCO4)=NC(=O)NC2c2cccc(C#N)c2)c1. The highest BCUT2D eigenvalue weighted by molar-refractivity contribution is 6.09. The number of esters is 1. The van der Waals surface area contributed by atoms with Crippen LogP contribution in [0.2, 0.25) is 0 Å². The van der Waals surface area contributed by atoms with E-state index in [1.807, 2.05) is 18.2 Å². The van der Waals surface area contributed by atoms with E-state index in [1.165, 1.54) is 0 Å². The number of nitrogens with one attached hydrogen (secondary N) is 1. The second-order valence-corrected chi connectivity index (χ2v) is 8.85. The summed E-state index contributed by atoms with van der Waals surface area (Å²) in [6, 6.07) is 22.0. The smallest absolute Gasteiger partial charge is 0.341 e. The van der Waals surface area contributed by atoms with Gasteiger partial charge in [0, 0.05) is 5.71 Å². The molecule has 0 radical (unpaired) electrons. The van der Waals surface area contributed by atoms with Crippen LogP contribution in [0.5, 0.6) is 11.5 Å². The van der Waals surface area contributed by atoms with E-state index in [0.29, 0.717) is 52.3 Å². The third-order valence-electron chi connectivity index (χ3n) is 6.39. The van der Waals surface area contributed by atoms with Gasteiger partial charge in [-0.1, -0.05) is 30.3 Å². The Morgan fingerprint density at radius 1 is 0.947 bits per heavy atom. The fourth-order valence-electron chi connectivity index (χ4n) is 4.55. The van der Waals surface area contributed by atoms with Crippen LogP contribution in [0.4, 0.5) is 4.79 Å². The zero-order valence-electron chi connectivity index (χ0n) is 20.2. The second kappa shape index (κ2) is 10.9. The van der Waals surface area contributed by atoms with Crippen molar-refractivity contribution in [1.29, 1.82) is 10.5 Å². The molecule has 0 saturated heterocycles. The van der Waals surface area contributed by atoms with Crippen molar-refractivity contribution in [2.24, 2.45) is 10.9 Å². The van der Waals surface area contributed by atoms with Crippen LogP contribution in [0, 0.1) is 28.6 Å². The molecular formula is C29H22N4O5. The summed E-state index contributed by atoms with van der Waals surface area (Å²) in [6.45, 7) is 0.124. The number of nitrogens with zero attached hydrogens (tertiary/aromatic N) is 3. The summed E-state index contributed by atoms with van der Waals surface area (Å²) >= 11 is 0.